The lowest BCUT2D eigenvalue weighted by molar-refractivity contribution is 0.224. The van der Waals surface area contributed by atoms with E-state index in [4.69, 9.17) is 9.10 Å². The molecule has 2 heterocycles. The van der Waals surface area contributed by atoms with Gasteiger partial charge in [-0.1, -0.05) is 104 Å². The van der Waals surface area contributed by atoms with Crippen LogP contribution in [0, 0.1) is 0 Å². The van der Waals surface area contributed by atoms with E-state index >= 15 is 4.21 Å². The highest BCUT2D eigenvalue weighted by molar-refractivity contribution is 7.92. The quantitative estimate of drug-likeness (QED) is 0.181. The Morgan fingerprint density at radius 2 is 1.55 bits per heavy atom. The molecule has 0 radical (unpaired) electrons. The number of nitrogens with one attached hydrogen (secondary N) is 2. The number of fused-ring (bicyclic) bond motifs is 3. The van der Waals surface area contributed by atoms with Crippen LogP contribution in [0.4, 0.5) is 10.5 Å². The van der Waals surface area contributed by atoms with Crippen molar-refractivity contribution in [2.45, 2.75) is 61.9 Å². The standard InChI is InChI=1S/C38H37N5O3S/c1-26-23-28-24-27-13-11-20-32(27)35(34(26)28)40-37(44)41-47(45,33-25-39-43-21-12-22-46-36(33)43)42-38(29-14-5-2-6-15-29,30-16-7-3-8-17-30)31-18-9-4-10-19-31/h2-10,14-19,24-26H,11-13,20-23H2,1H3,(H2,40,41,42,44,45). The van der Waals surface area contributed by atoms with Crippen molar-refractivity contribution in [3.63, 3.8) is 0 Å². The molecule has 4 aromatic carbocycles. The summed E-state index contributed by atoms with van der Waals surface area (Å²) in [5.74, 6) is 0.713. The minimum absolute atomic E-state index is 0.249. The molecule has 9 heteroatoms. The summed E-state index contributed by atoms with van der Waals surface area (Å²) in [5.41, 5.74) is 6.99. The van der Waals surface area contributed by atoms with Crippen molar-refractivity contribution >= 4 is 21.6 Å². The van der Waals surface area contributed by atoms with Crippen LogP contribution >= 0.6 is 0 Å². The highest BCUT2D eigenvalue weighted by atomic mass is 32.2. The van der Waals surface area contributed by atoms with Gasteiger partial charge in [0.15, 0.2) is 9.92 Å². The number of aromatic nitrogens is 2. The van der Waals surface area contributed by atoms with Gasteiger partial charge in [0.1, 0.15) is 10.4 Å². The highest BCUT2D eigenvalue weighted by Gasteiger charge is 2.41. The van der Waals surface area contributed by atoms with Gasteiger partial charge in [0.2, 0.25) is 5.88 Å². The van der Waals surface area contributed by atoms with Crippen LogP contribution in [0.1, 0.15) is 64.6 Å². The first-order valence-electron chi connectivity index (χ1n) is 16.4. The fourth-order valence-corrected chi connectivity index (χ4v) is 9.36. The summed E-state index contributed by atoms with van der Waals surface area (Å²) >= 11 is 0. The highest BCUT2D eigenvalue weighted by Crippen LogP contribution is 2.46. The molecular weight excluding hydrogens is 607 g/mol. The van der Waals surface area contributed by atoms with Crippen LogP contribution in [-0.2, 0) is 41.3 Å². The predicted octanol–water partition coefficient (Wildman–Crippen LogP) is 7.37. The lowest BCUT2D eigenvalue weighted by Crippen LogP contribution is -2.39. The molecule has 0 spiro atoms. The maximum atomic E-state index is 15.8. The topological polar surface area (TPSA) is 97.6 Å². The maximum absolute atomic E-state index is 15.8. The number of aryl methyl sites for hydroxylation is 2. The zero-order valence-electron chi connectivity index (χ0n) is 26.3. The monoisotopic (exact) mass is 643 g/mol. The summed E-state index contributed by atoms with van der Waals surface area (Å²) < 4.78 is 31.9. The number of hydrogen-bond acceptors (Lipinski definition) is 5. The van der Waals surface area contributed by atoms with Crippen LogP contribution in [0.3, 0.4) is 0 Å². The molecule has 3 aliphatic rings. The van der Waals surface area contributed by atoms with E-state index in [1.54, 1.807) is 4.68 Å². The Balaban J connectivity index is 1.34. The van der Waals surface area contributed by atoms with Crippen LogP contribution in [0.5, 0.6) is 5.88 Å². The number of carbonyl (C=O) groups is 1. The molecule has 2 N–H and O–H groups in total. The number of benzene rings is 4. The van der Waals surface area contributed by atoms with Gasteiger partial charge in [-0.3, -0.25) is 0 Å². The third-order valence-corrected chi connectivity index (χ3v) is 11.5. The van der Waals surface area contributed by atoms with Gasteiger partial charge in [0.25, 0.3) is 0 Å². The molecule has 8 nitrogen and oxygen atoms in total. The van der Waals surface area contributed by atoms with Crippen molar-refractivity contribution < 1.29 is 13.7 Å². The van der Waals surface area contributed by atoms with E-state index in [-0.39, 0.29) is 4.90 Å². The molecule has 2 unspecified atom stereocenters. The number of carbonyl (C=O) groups excluding carboxylic acids is 1. The minimum Gasteiger partial charge on any atom is -0.477 e. The number of nitrogens with zero attached hydrogens (tertiary/aromatic N) is 3. The Kier molecular flexibility index (Phi) is 7.36. The first-order chi connectivity index (χ1) is 23.0. The Hall–Kier alpha value is -4.89. The van der Waals surface area contributed by atoms with Crippen LogP contribution in [0.2, 0.25) is 0 Å². The molecule has 1 aromatic heterocycles. The number of anilines is 1. The average molecular weight is 644 g/mol. The molecule has 0 fully saturated rings. The second-order valence-corrected chi connectivity index (χ2v) is 14.5. The number of urea groups is 1. The van der Waals surface area contributed by atoms with Crippen LogP contribution < -0.4 is 14.8 Å². The number of rotatable bonds is 7. The van der Waals surface area contributed by atoms with Gasteiger partial charge in [-0.2, -0.15) is 9.46 Å². The molecule has 2 aliphatic carbocycles. The second kappa shape index (κ2) is 11.7. The molecule has 0 bridgehead atoms. The zero-order valence-corrected chi connectivity index (χ0v) is 27.1. The van der Waals surface area contributed by atoms with E-state index in [0.29, 0.717) is 24.9 Å². The molecule has 1 aliphatic heterocycles. The number of ether oxygens (including phenoxy) is 1. The average Bonchev–Trinajstić information content (AvgIpc) is 3.76. The van der Waals surface area contributed by atoms with Crippen LogP contribution in [0.15, 0.2) is 113 Å². The van der Waals surface area contributed by atoms with E-state index in [9.17, 15) is 4.79 Å². The SMILES string of the molecule is CC1Cc2cc3c(c(NC(=O)NS(=O)(=NC(c4ccccc4)(c4ccccc4)c4ccccc4)c4cnn5c4OCCC5)c21)CCC3. The van der Waals surface area contributed by atoms with Gasteiger partial charge in [-0.05, 0) is 70.5 Å². The fourth-order valence-electron chi connectivity index (χ4n) is 7.51. The van der Waals surface area contributed by atoms with E-state index in [2.05, 4.69) is 28.1 Å². The molecule has 238 valence electrons. The Morgan fingerprint density at radius 3 is 2.17 bits per heavy atom. The third-order valence-electron chi connectivity index (χ3n) is 9.67. The normalized spacial score (nSPS) is 17.6. The summed E-state index contributed by atoms with van der Waals surface area (Å²) in [4.78, 5) is 14.5. The third kappa shape index (κ3) is 5.00. The minimum atomic E-state index is -3.77. The van der Waals surface area contributed by atoms with Crippen molar-refractivity contribution in [2.24, 2.45) is 4.36 Å². The molecule has 2 atom stereocenters. The van der Waals surface area contributed by atoms with E-state index in [1.165, 1.54) is 28.5 Å². The van der Waals surface area contributed by atoms with Gasteiger partial charge in [0, 0.05) is 18.7 Å². The van der Waals surface area contributed by atoms with Crippen molar-refractivity contribution in [2.75, 3.05) is 11.9 Å². The van der Waals surface area contributed by atoms with E-state index in [1.807, 2.05) is 91.0 Å². The Labute approximate surface area is 275 Å². The van der Waals surface area contributed by atoms with E-state index < -0.39 is 21.5 Å². The maximum Gasteiger partial charge on any atom is 0.331 e. The number of amides is 2. The number of hydrogen-bond donors (Lipinski definition) is 2. The van der Waals surface area contributed by atoms with Crippen molar-refractivity contribution in [3.8, 4) is 5.88 Å². The van der Waals surface area contributed by atoms with Crippen molar-refractivity contribution in [1.82, 2.24) is 14.5 Å². The molecule has 0 saturated heterocycles. The molecule has 8 rings (SSSR count). The molecule has 0 saturated carbocycles. The summed E-state index contributed by atoms with van der Waals surface area (Å²) in [5, 5.41) is 7.71. The molecule has 5 aromatic rings. The Bertz CT molecular complexity index is 1990. The first-order valence-corrected chi connectivity index (χ1v) is 17.9. The smallest absolute Gasteiger partial charge is 0.331 e. The largest absolute Gasteiger partial charge is 0.477 e. The first kappa shape index (κ1) is 29.5. The lowest BCUT2D eigenvalue weighted by atomic mass is 9.75. The summed E-state index contributed by atoms with van der Waals surface area (Å²) in [6, 6.07) is 31.2. The fraction of sp³-hybridized carbons (Fsp3) is 0.263. The van der Waals surface area contributed by atoms with Gasteiger partial charge in [0.05, 0.1) is 12.8 Å². The Morgan fingerprint density at radius 1 is 0.915 bits per heavy atom. The molecule has 47 heavy (non-hydrogen) atoms. The summed E-state index contributed by atoms with van der Waals surface area (Å²) in [6.45, 7) is 3.27. The molecule has 2 amide bonds. The van der Waals surface area contributed by atoms with Gasteiger partial charge < -0.3 is 10.1 Å². The predicted molar refractivity (Wildman–Crippen MR) is 183 cm³/mol. The molecular formula is C38H37N5O3S. The second-order valence-electron chi connectivity index (χ2n) is 12.6. The van der Waals surface area contributed by atoms with Crippen molar-refractivity contribution in [3.05, 3.63) is 142 Å². The summed E-state index contributed by atoms with van der Waals surface area (Å²) in [6.07, 6.45) is 6.29. The van der Waals surface area contributed by atoms with E-state index in [0.717, 1.165) is 54.5 Å². The lowest BCUT2D eigenvalue weighted by Gasteiger charge is -2.33. The van der Waals surface area contributed by atoms with Gasteiger partial charge >= 0.3 is 6.03 Å². The van der Waals surface area contributed by atoms with Gasteiger partial charge in [-0.15, -0.1) is 0 Å². The van der Waals surface area contributed by atoms with Gasteiger partial charge in [-0.25, -0.2) is 18.4 Å². The van der Waals surface area contributed by atoms with Crippen LogP contribution in [-0.4, -0.2) is 26.6 Å². The summed E-state index contributed by atoms with van der Waals surface area (Å²) in [7, 11) is -3.77. The van der Waals surface area contributed by atoms with Crippen molar-refractivity contribution in [1.29, 1.82) is 0 Å². The van der Waals surface area contributed by atoms with Crippen LogP contribution in [0.25, 0.3) is 0 Å². The zero-order chi connectivity index (χ0) is 32.0.